The number of benzene rings is 1. The second kappa shape index (κ2) is 11.7. The van der Waals surface area contributed by atoms with Crippen LogP contribution in [0.25, 0.3) is 10.9 Å². The SMILES string of the molecule is Cc1[nH]nc2c(O)cc3c(c12)C(CCl)CN3C(=O)c1cc(C(=O)Nc2cc(C(=O)NCCC(=N)N)n(C)c2)n(C)n1.Cl. The van der Waals surface area contributed by atoms with Gasteiger partial charge in [-0.2, -0.15) is 10.2 Å². The lowest BCUT2D eigenvalue weighted by Gasteiger charge is -2.16. The molecule has 0 saturated heterocycles. The minimum Gasteiger partial charge on any atom is -0.506 e. The summed E-state index contributed by atoms with van der Waals surface area (Å²) in [5, 5.41) is 35.3. The number of phenolic OH excluding ortho intramolecular Hbond substituents is 1. The number of amidine groups is 1. The molecule has 0 radical (unpaired) electrons. The van der Waals surface area contributed by atoms with Gasteiger partial charge in [-0.1, -0.05) is 0 Å². The number of alkyl halides is 1. The van der Waals surface area contributed by atoms with Gasteiger partial charge in [0.05, 0.1) is 17.2 Å². The van der Waals surface area contributed by atoms with Crippen LogP contribution in [0.3, 0.4) is 0 Å². The number of aryl methyl sites for hydroxylation is 3. The highest BCUT2D eigenvalue weighted by Gasteiger charge is 2.37. The highest BCUT2D eigenvalue weighted by Crippen LogP contribution is 2.46. The predicted molar refractivity (Wildman–Crippen MR) is 160 cm³/mol. The van der Waals surface area contributed by atoms with Crippen LogP contribution in [0.5, 0.6) is 5.75 Å². The van der Waals surface area contributed by atoms with Gasteiger partial charge in [-0.3, -0.25) is 29.6 Å². The molecule has 1 aromatic carbocycles. The summed E-state index contributed by atoms with van der Waals surface area (Å²) >= 11 is 6.28. The van der Waals surface area contributed by atoms with E-state index in [0.717, 1.165) is 16.6 Å². The summed E-state index contributed by atoms with van der Waals surface area (Å²) in [5.41, 5.74) is 8.68. The number of aromatic nitrogens is 5. The minimum absolute atomic E-state index is 0. The summed E-state index contributed by atoms with van der Waals surface area (Å²) < 4.78 is 2.86. The quantitative estimate of drug-likeness (QED) is 0.0990. The van der Waals surface area contributed by atoms with E-state index in [1.807, 2.05) is 6.92 Å². The number of carbonyl (C=O) groups is 3. The first-order chi connectivity index (χ1) is 19.5. The van der Waals surface area contributed by atoms with Crippen molar-refractivity contribution in [2.24, 2.45) is 19.8 Å². The molecular formula is C26H30Cl2N10O4. The molecule has 0 fully saturated rings. The normalized spacial score (nSPS) is 14.0. The molecule has 7 N–H and O–H groups in total. The molecule has 14 nitrogen and oxygen atoms in total. The Morgan fingerprint density at radius 3 is 2.64 bits per heavy atom. The van der Waals surface area contributed by atoms with E-state index < -0.39 is 11.8 Å². The summed E-state index contributed by atoms with van der Waals surface area (Å²) in [7, 11) is 3.21. The van der Waals surface area contributed by atoms with E-state index in [2.05, 4.69) is 25.9 Å². The molecule has 1 aliphatic heterocycles. The molecular weight excluding hydrogens is 587 g/mol. The van der Waals surface area contributed by atoms with E-state index >= 15 is 0 Å². The van der Waals surface area contributed by atoms with Crippen molar-refractivity contribution in [3.63, 3.8) is 0 Å². The number of H-pyrrole nitrogens is 1. The Morgan fingerprint density at radius 2 is 1.95 bits per heavy atom. The third-order valence-electron chi connectivity index (χ3n) is 7.05. The number of hydrogen-bond acceptors (Lipinski definition) is 7. The Bertz CT molecular complexity index is 1720. The van der Waals surface area contributed by atoms with Gasteiger partial charge in [0.15, 0.2) is 5.69 Å². The number of carbonyl (C=O) groups excluding carboxylic acids is 3. The lowest BCUT2D eigenvalue weighted by Crippen LogP contribution is -2.30. The molecule has 0 saturated carbocycles. The Morgan fingerprint density at radius 1 is 1.21 bits per heavy atom. The molecule has 0 bridgehead atoms. The van der Waals surface area contributed by atoms with Crippen molar-refractivity contribution in [2.45, 2.75) is 19.3 Å². The second-order valence-corrected chi connectivity index (χ2v) is 10.2. The third kappa shape index (κ3) is 5.37. The molecule has 1 aliphatic rings. The van der Waals surface area contributed by atoms with E-state index in [1.54, 1.807) is 24.9 Å². The molecule has 42 heavy (non-hydrogen) atoms. The highest BCUT2D eigenvalue weighted by atomic mass is 35.5. The number of aromatic amines is 1. The first-order valence-corrected chi connectivity index (χ1v) is 13.2. The van der Waals surface area contributed by atoms with Gasteiger partial charge in [0.25, 0.3) is 17.7 Å². The van der Waals surface area contributed by atoms with Gasteiger partial charge in [-0.25, -0.2) is 0 Å². The summed E-state index contributed by atoms with van der Waals surface area (Å²) in [6.45, 7) is 2.33. The van der Waals surface area contributed by atoms with Crippen molar-refractivity contribution in [1.82, 2.24) is 29.9 Å². The Labute approximate surface area is 251 Å². The fraction of sp³-hybridized carbons (Fsp3) is 0.308. The van der Waals surface area contributed by atoms with E-state index in [1.165, 1.54) is 27.8 Å². The van der Waals surface area contributed by atoms with E-state index in [0.29, 0.717) is 22.6 Å². The second-order valence-electron chi connectivity index (χ2n) is 9.92. The zero-order valence-electron chi connectivity index (χ0n) is 23.0. The predicted octanol–water partition coefficient (Wildman–Crippen LogP) is 2.36. The number of aromatic hydroxyl groups is 1. The fourth-order valence-electron chi connectivity index (χ4n) is 5.09. The van der Waals surface area contributed by atoms with Crippen LogP contribution in [0, 0.1) is 12.3 Å². The summed E-state index contributed by atoms with van der Waals surface area (Å²) in [4.78, 5) is 40.7. The van der Waals surface area contributed by atoms with Crippen LogP contribution >= 0.6 is 24.0 Å². The first kappa shape index (κ1) is 30.4. The maximum Gasteiger partial charge on any atom is 0.278 e. The van der Waals surface area contributed by atoms with Gasteiger partial charge in [0.1, 0.15) is 22.7 Å². The third-order valence-corrected chi connectivity index (χ3v) is 7.42. The molecule has 4 aromatic rings. The number of anilines is 2. The number of nitrogens with one attached hydrogen (secondary N) is 4. The maximum absolute atomic E-state index is 13.6. The van der Waals surface area contributed by atoms with Gasteiger partial charge in [0, 0.05) is 74.8 Å². The van der Waals surface area contributed by atoms with Crippen LogP contribution in [0.2, 0.25) is 0 Å². The summed E-state index contributed by atoms with van der Waals surface area (Å²) in [5.74, 6) is -1.38. The van der Waals surface area contributed by atoms with Crippen LogP contribution in [-0.2, 0) is 14.1 Å². The number of halogens is 2. The van der Waals surface area contributed by atoms with Crippen LogP contribution < -0.4 is 21.3 Å². The van der Waals surface area contributed by atoms with Crippen LogP contribution in [0.4, 0.5) is 11.4 Å². The van der Waals surface area contributed by atoms with Crippen molar-refractivity contribution >= 4 is 69.8 Å². The summed E-state index contributed by atoms with van der Waals surface area (Å²) in [6.07, 6.45) is 1.81. The maximum atomic E-state index is 13.6. The molecule has 1 unspecified atom stereocenters. The Hall–Kier alpha value is -4.56. The Kier molecular flexibility index (Phi) is 8.50. The number of hydrogen-bond donors (Lipinski definition) is 6. The molecule has 0 aliphatic carbocycles. The monoisotopic (exact) mass is 616 g/mol. The Balaban J connectivity index is 0.00000405. The fourth-order valence-corrected chi connectivity index (χ4v) is 5.34. The van der Waals surface area contributed by atoms with Gasteiger partial charge in [-0.05, 0) is 18.6 Å². The largest absolute Gasteiger partial charge is 0.506 e. The van der Waals surface area contributed by atoms with Crippen LogP contribution in [0.15, 0.2) is 24.4 Å². The zero-order valence-corrected chi connectivity index (χ0v) is 24.6. The smallest absolute Gasteiger partial charge is 0.278 e. The van der Waals surface area contributed by atoms with Gasteiger partial charge < -0.3 is 30.9 Å². The van der Waals surface area contributed by atoms with E-state index in [-0.39, 0.29) is 72.6 Å². The molecule has 222 valence electrons. The van der Waals surface area contributed by atoms with Gasteiger partial charge >= 0.3 is 0 Å². The average molecular weight is 617 g/mol. The lowest BCUT2D eigenvalue weighted by molar-refractivity contribution is 0.0944. The summed E-state index contributed by atoms with van der Waals surface area (Å²) in [6, 6.07) is 4.41. The number of nitrogens with two attached hydrogens (primary N) is 1. The van der Waals surface area contributed by atoms with Gasteiger partial charge in [-0.15, -0.1) is 24.0 Å². The number of nitrogens with zero attached hydrogens (tertiary/aromatic N) is 5. The molecule has 3 amide bonds. The van der Waals surface area contributed by atoms with Crippen molar-refractivity contribution < 1.29 is 19.5 Å². The molecule has 1 atom stereocenters. The molecule has 4 heterocycles. The highest BCUT2D eigenvalue weighted by molar-refractivity contribution is 6.19. The van der Waals surface area contributed by atoms with E-state index in [9.17, 15) is 19.5 Å². The number of amides is 3. The van der Waals surface area contributed by atoms with Crippen molar-refractivity contribution in [3.8, 4) is 5.75 Å². The van der Waals surface area contributed by atoms with Crippen LogP contribution in [-0.4, -0.2) is 72.2 Å². The van der Waals surface area contributed by atoms with Crippen molar-refractivity contribution in [1.29, 1.82) is 5.41 Å². The molecule has 16 heteroatoms. The zero-order chi connectivity index (χ0) is 29.6. The number of rotatable bonds is 8. The minimum atomic E-state index is -0.526. The number of phenols is 1. The first-order valence-electron chi connectivity index (χ1n) is 12.7. The van der Waals surface area contributed by atoms with Crippen molar-refractivity contribution in [3.05, 3.63) is 52.7 Å². The van der Waals surface area contributed by atoms with Crippen molar-refractivity contribution in [2.75, 3.05) is 29.2 Å². The van der Waals surface area contributed by atoms with Gasteiger partial charge in [0.2, 0.25) is 0 Å². The topological polar surface area (TPSA) is 200 Å². The molecule has 0 spiro atoms. The average Bonchev–Trinajstić information content (AvgIpc) is 3.68. The molecule has 3 aromatic heterocycles. The molecule has 5 rings (SSSR count). The standard InChI is InChI=1S/C26H29ClN10O4.ClH/c1-12-21-22-13(9-27)10-37(16(22)8-19(38)23(21)33-32-12)26(41)15-7-18(36(3)34-15)25(40)31-14-6-17(35(2)11-14)24(39)30-5-4-20(28)29;/h6-8,11,13,38H,4-5,9-10H2,1-3H3,(H3,28,29)(H,30,39)(H,31,40)(H,32,33);1H. The van der Waals surface area contributed by atoms with Crippen LogP contribution in [0.1, 0.15) is 55.1 Å². The van der Waals surface area contributed by atoms with E-state index in [4.69, 9.17) is 22.7 Å². The lowest BCUT2D eigenvalue weighted by atomic mass is 9.97. The number of fused-ring (bicyclic) bond motifs is 3.